The third-order valence-electron chi connectivity index (χ3n) is 5.16. The van der Waals surface area contributed by atoms with Crippen molar-refractivity contribution in [2.45, 2.75) is 13.8 Å². The number of hydrogen-bond donors (Lipinski definition) is 0. The first-order valence-electron chi connectivity index (χ1n) is 11.0. The SMILES string of the molecule is CCOc1ccc2ccc(OCC)c(/C=C3\SC(=O)N(CCOc4ccccc4Cl)C3=O)c2c1. The van der Waals surface area contributed by atoms with Crippen molar-refractivity contribution in [2.24, 2.45) is 0 Å². The average Bonchev–Trinajstić information content (AvgIpc) is 3.09. The lowest BCUT2D eigenvalue weighted by Crippen LogP contribution is -2.32. The minimum atomic E-state index is -0.363. The summed E-state index contributed by atoms with van der Waals surface area (Å²) in [6.07, 6.45) is 1.73. The van der Waals surface area contributed by atoms with Crippen LogP contribution in [0.1, 0.15) is 19.4 Å². The van der Waals surface area contributed by atoms with Crippen LogP contribution in [-0.2, 0) is 4.79 Å². The lowest BCUT2D eigenvalue weighted by atomic mass is 10.0. The summed E-state index contributed by atoms with van der Waals surface area (Å²) in [5.41, 5.74) is 0.735. The second-order valence-corrected chi connectivity index (χ2v) is 8.74. The minimum Gasteiger partial charge on any atom is -0.494 e. The van der Waals surface area contributed by atoms with Crippen molar-refractivity contribution < 1.29 is 23.8 Å². The smallest absolute Gasteiger partial charge is 0.293 e. The van der Waals surface area contributed by atoms with Crippen molar-refractivity contribution in [3.05, 3.63) is 70.1 Å². The molecule has 4 rings (SSSR count). The fourth-order valence-corrected chi connectivity index (χ4v) is 4.66. The number of benzene rings is 3. The van der Waals surface area contributed by atoms with E-state index < -0.39 is 0 Å². The van der Waals surface area contributed by atoms with E-state index in [4.69, 9.17) is 25.8 Å². The van der Waals surface area contributed by atoms with Gasteiger partial charge in [0, 0.05) is 5.56 Å². The number of para-hydroxylation sites is 1. The summed E-state index contributed by atoms with van der Waals surface area (Å²) in [4.78, 5) is 27.2. The monoisotopic (exact) mass is 497 g/mol. The summed E-state index contributed by atoms with van der Waals surface area (Å²) in [5.74, 6) is 1.51. The van der Waals surface area contributed by atoms with E-state index in [1.165, 1.54) is 4.90 Å². The van der Waals surface area contributed by atoms with Crippen LogP contribution in [0.15, 0.2) is 59.5 Å². The highest BCUT2D eigenvalue weighted by molar-refractivity contribution is 8.18. The molecule has 0 N–H and O–H groups in total. The molecule has 8 heteroatoms. The summed E-state index contributed by atoms with van der Waals surface area (Å²) in [6.45, 7) is 5.10. The molecule has 1 aliphatic heterocycles. The van der Waals surface area contributed by atoms with Crippen LogP contribution < -0.4 is 14.2 Å². The highest BCUT2D eigenvalue weighted by Gasteiger charge is 2.35. The topological polar surface area (TPSA) is 65.1 Å². The fourth-order valence-electron chi connectivity index (χ4n) is 3.62. The van der Waals surface area contributed by atoms with Crippen molar-refractivity contribution in [1.29, 1.82) is 0 Å². The first-order chi connectivity index (χ1) is 16.5. The predicted molar refractivity (Wildman–Crippen MR) is 136 cm³/mol. The zero-order valence-corrected chi connectivity index (χ0v) is 20.4. The number of rotatable bonds is 9. The van der Waals surface area contributed by atoms with Crippen LogP contribution in [0.25, 0.3) is 16.8 Å². The molecular formula is C26H24ClNO5S. The predicted octanol–water partition coefficient (Wildman–Crippen LogP) is 6.41. The van der Waals surface area contributed by atoms with Gasteiger partial charge in [0.25, 0.3) is 11.1 Å². The minimum absolute atomic E-state index is 0.121. The molecule has 6 nitrogen and oxygen atoms in total. The van der Waals surface area contributed by atoms with Gasteiger partial charge in [0.05, 0.1) is 29.7 Å². The average molecular weight is 498 g/mol. The Bertz CT molecular complexity index is 1250. The number of hydrogen-bond acceptors (Lipinski definition) is 6. The van der Waals surface area contributed by atoms with Crippen LogP contribution in [-0.4, -0.2) is 42.4 Å². The summed E-state index contributed by atoms with van der Waals surface area (Å²) in [5, 5.41) is 1.99. The van der Waals surface area contributed by atoms with E-state index in [0.29, 0.717) is 34.6 Å². The molecule has 1 saturated heterocycles. The zero-order valence-electron chi connectivity index (χ0n) is 18.9. The second-order valence-electron chi connectivity index (χ2n) is 7.34. The summed E-state index contributed by atoms with van der Waals surface area (Å²) < 4.78 is 17.1. The lowest BCUT2D eigenvalue weighted by molar-refractivity contribution is -0.123. The molecule has 3 aromatic carbocycles. The van der Waals surface area contributed by atoms with Gasteiger partial charge in [0.1, 0.15) is 23.9 Å². The molecule has 1 aliphatic rings. The lowest BCUT2D eigenvalue weighted by Gasteiger charge is -2.14. The molecule has 34 heavy (non-hydrogen) atoms. The molecule has 0 spiro atoms. The molecule has 1 heterocycles. The number of carbonyl (C=O) groups excluding carboxylic acids is 2. The number of thioether (sulfide) groups is 1. The molecule has 3 aromatic rings. The molecule has 1 fully saturated rings. The first kappa shape index (κ1) is 24.0. The maximum atomic E-state index is 13.1. The van der Waals surface area contributed by atoms with Gasteiger partial charge in [-0.3, -0.25) is 14.5 Å². The van der Waals surface area contributed by atoms with Crippen LogP contribution in [0.5, 0.6) is 17.2 Å². The number of fused-ring (bicyclic) bond motifs is 1. The maximum absolute atomic E-state index is 13.1. The fraction of sp³-hybridized carbons (Fsp3) is 0.231. The van der Waals surface area contributed by atoms with E-state index >= 15 is 0 Å². The van der Waals surface area contributed by atoms with Crippen LogP contribution in [0, 0.1) is 0 Å². The quantitative estimate of drug-likeness (QED) is 0.318. The highest BCUT2D eigenvalue weighted by atomic mass is 35.5. The van der Waals surface area contributed by atoms with Gasteiger partial charge in [0.15, 0.2) is 0 Å². The molecule has 176 valence electrons. The zero-order chi connectivity index (χ0) is 24.1. The Kier molecular flexibility index (Phi) is 7.65. The standard InChI is InChI=1S/C26H24ClNO5S/c1-3-31-18-11-9-17-10-12-22(32-4-2)20(19(17)15-18)16-24-25(29)28(26(30)34-24)13-14-33-23-8-6-5-7-21(23)27/h5-12,15-16H,3-4,13-14H2,1-2H3/b24-16-. The van der Waals surface area contributed by atoms with Gasteiger partial charge in [-0.2, -0.15) is 0 Å². The van der Waals surface area contributed by atoms with Gasteiger partial charge in [0.2, 0.25) is 0 Å². The normalized spacial score (nSPS) is 14.8. The molecular weight excluding hydrogens is 474 g/mol. The number of imide groups is 1. The van der Waals surface area contributed by atoms with E-state index in [1.807, 2.05) is 44.2 Å². The Morgan fingerprint density at radius 1 is 0.941 bits per heavy atom. The Morgan fingerprint density at radius 2 is 1.71 bits per heavy atom. The van der Waals surface area contributed by atoms with E-state index in [2.05, 4.69) is 0 Å². The largest absolute Gasteiger partial charge is 0.494 e. The van der Waals surface area contributed by atoms with E-state index in [9.17, 15) is 9.59 Å². The van der Waals surface area contributed by atoms with Gasteiger partial charge in [-0.25, -0.2) is 0 Å². The third kappa shape index (κ3) is 5.16. The summed E-state index contributed by atoms with van der Waals surface area (Å²) in [6, 6.07) is 16.7. The maximum Gasteiger partial charge on any atom is 0.293 e. The van der Waals surface area contributed by atoms with Gasteiger partial charge in [-0.15, -0.1) is 0 Å². The molecule has 0 bridgehead atoms. The van der Waals surface area contributed by atoms with Crippen molar-refractivity contribution in [2.75, 3.05) is 26.4 Å². The molecule has 2 amide bonds. The van der Waals surface area contributed by atoms with Crippen LogP contribution in [0.3, 0.4) is 0 Å². The Morgan fingerprint density at radius 3 is 2.47 bits per heavy atom. The molecule has 0 aliphatic carbocycles. The van der Waals surface area contributed by atoms with E-state index in [0.717, 1.165) is 33.8 Å². The van der Waals surface area contributed by atoms with Crippen molar-refractivity contribution in [3.63, 3.8) is 0 Å². The molecule has 0 aromatic heterocycles. The number of ether oxygens (including phenoxy) is 3. The van der Waals surface area contributed by atoms with Gasteiger partial charge >= 0.3 is 0 Å². The number of nitrogens with zero attached hydrogens (tertiary/aromatic N) is 1. The van der Waals surface area contributed by atoms with Crippen LogP contribution in [0.4, 0.5) is 4.79 Å². The summed E-state index contributed by atoms with van der Waals surface area (Å²) in [7, 11) is 0. The third-order valence-corrected chi connectivity index (χ3v) is 6.38. The molecule has 0 saturated carbocycles. The Hall–Kier alpha value is -3.16. The number of halogens is 1. The summed E-state index contributed by atoms with van der Waals surface area (Å²) >= 11 is 7.01. The van der Waals surface area contributed by atoms with Gasteiger partial charge in [-0.1, -0.05) is 35.9 Å². The van der Waals surface area contributed by atoms with Gasteiger partial charge < -0.3 is 14.2 Å². The van der Waals surface area contributed by atoms with Gasteiger partial charge in [-0.05, 0) is 72.8 Å². The van der Waals surface area contributed by atoms with E-state index in [1.54, 1.807) is 30.3 Å². The Balaban J connectivity index is 1.60. The molecule has 0 unspecified atom stereocenters. The van der Waals surface area contributed by atoms with E-state index in [-0.39, 0.29) is 24.3 Å². The van der Waals surface area contributed by atoms with Crippen LogP contribution in [0.2, 0.25) is 5.02 Å². The second kappa shape index (κ2) is 10.8. The number of amides is 2. The van der Waals surface area contributed by atoms with Crippen molar-refractivity contribution in [3.8, 4) is 17.2 Å². The number of carbonyl (C=O) groups is 2. The highest BCUT2D eigenvalue weighted by Crippen LogP contribution is 2.38. The first-order valence-corrected chi connectivity index (χ1v) is 12.2. The van der Waals surface area contributed by atoms with Crippen molar-refractivity contribution in [1.82, 2.24) is 4.90 Å². The van der Waals surface area contributed by atoms with Crippen molar-refractivity contribution >= 4 is 51.4 Å². The molecule has 0 atom stereocenters. The molecule has 0 radical (unpaired) electrons. The Labute approximate surface area is 207 Å². The van der Waals surface area contributed by atoms with Crippen LogP contribution >= 0.6 is 23.4 Å².